The first-order valence-electron chi connectivity index (χ1n) is 16.8. The van der Waals surface area contributed by atoms with Crippen LogP contribution in [0.3, 0.4) is 0 Å². The van der Waals surface area contributed by atoms with Crippen molar-refractivity contribution in [3.05, 3.63) is 89.6 Å². The fraction of sp³-hybridized carbons (Fsp3) is 0.343. The van der Waals surface area contributed by atoms with Gasteiger partial charge in [-0.05, 0) is 42.2 Å². The first-order valence-corrected chi connectivity index (χ1v) is 16.8. The molecular formula is C35H42F3N11O5. The highest BCUT2D eigenvalue weighted by atomic mass is 19.4. The third-order valence-electron chi connectivity index (χ3n) is 8.36. The Balaban J connectivity index is 1.60. The first-order chi connectivity index (χ1) is 25.6. The number of imidazole rings is 1. The molecule has 288 valence electrons. The van der Waals surface area contributed by atoms with Crippen LogP contribution >= 0.6 is 0 Å². The lowest BCUT2D eigenvalue weighted by molar-refractivity contribution is -0.137. The largest absolute Gasteiger partial charge is 0.416 e. The highest BCUT2D eigenvalue weighted by Crippen LogP contribution is 2.29. The number of H-pyrrole nitrogens is 2. The molecule has 0 saturated heterocycles. The van der Waals surface area contributed by atoms with Crippen LogP contribution in [0.2, 0.25) is 0 Å². The average molecular weight is 754 g/mol. The number of aliphatic imine (C=N–C) groups is 1. The second kappa shape index (κ2) is 18.4. The van der Waals surface area contributed by atoms with E-state index in [1.54, 1.807) is 6.20 Å². The summed E-state index contributed by atoms with van der Waals surface area (Å²) >= 11 is 0. The van der Waals surface area contributed by atoms with Crippen molar-refractivity contribution < 1.29 is 37.1 Å². The number of rotatable bonds is 18. The van der Waals surface area contributed by atoms with Gasteiger partial charge in [0.25, 0.3) is 0 Å². The van der Waals surface area contributed by atoms with Gasteiger partial charge in [-0.2, -0.15) is 13.2 Å². The summed E-state index contributed by atoms with van der Waals surface area (Å²) in [7, 11) is 0. The van der Waals surface area contributed by atoms with E-state index in [2.05, 4.69) is 41.2 Å². The molecule has 0 aliphatic carbocycles. The first kappa shape index (κ1) is 40.4. The number of para-hydroxylation sites is 1. The number of alkyl halides is 3. The Labute approximate surface area is 307 Å². The molecule has 54 heavy (non-hydrogen) atoms. The Kier molecular flexibility index (Phi) is 13.7. The maximum Gasteiger partial charge on any atom is 0.416 e. The summed E-state index contributed by atoms with van der Waals surface area (Å²) in [6.45, 7) is 1.28. The highest BCUT2D eigenvalue weighted by molar-refractivity contribution is 5.96. The molecule has 0 radical (unpaired) electrons. The molecule has 0 aliphatic rings. The molecule has 0 bridgehead atoms. The monoisotopic (exact) mass is 753 g/mol. The van der Waals surface area contributed by atoms with Crippen LogP contribution in [0.4, 0.5) is 13.2 Å². The van der Waals surface area contributed by atoms with E-state index in [4.69, 9.17) is 17.2 Å². The molecule has 4 aromatic rings. The van der Waals surface area contributed by atoms with Gasteiger partial charge in [-0.1, -0.05) is 30.3 Å². The fourth-order valence-electron chi connectivity index (χ4n) is 5.68. The SMILES string of the molecule is CC(=O)NC(Cc1cnc[nH]1)C(=O)NC(Cc1ccc(C(F)(F)F)cc1)C(=O)NC(CCCN=C(N)N)C(=O)NC(Cc1c[nH]c2ccccc12)C(N)=O. The van der Waals surface area contributed by atoms with E-state index >= 15 is 0 Å². The zero-order valence-corrected chi connectivity index (χ0v) is 29.2. The number of fused-ring (bicyclic) bond motifs is 1. The van der Waals surface area contributed by atoms with E-state index in [0.29, 0.717) is 11.3 Å². The summed E-state index contributed by atoms with van der Waals surface area (Å²) in [5.74, 6) is -4.06. The molecule has 16 nitrogen and oxygen atoms in total. The van der Waals surface area contributed by atoms with Crippen LogP contribution in [0.15, 0.2) is 72.2 Å². The molecule has 19 heteroatoms. The summed E-state index contributed by atoms with van der Waals surface area (Å²) in [4.78, 5) is 79.7. The molecule has 12 N–H and O–H groups in total. The molecule has 4 rings (SSSR count). The van der Waals surface area contributed by atoms with Gasteiger partial charge in [-0.15, -0.1) is 0 Å². The zero-order valence-electron chi connectivity index (χ0n) is 29.2. The van der Waals surface area contributed by atoms with E-state index in [1.807, 2.05) is 24.3 Å². The average Bonchev–Trinajstić information content (AvgIpc) is 3.78. The molecular weight excluding hydrogens is 711 g/mol. The van der Waals surface area contributed by atoms with Gasteiger partial charge in [-0.25, -0.2) is 4.98 Å². The van der Waals surface area contributed by atoms with Crippen molar-refractivity contribution in [3.63, 3.8) is 0 Å². The van der Waals surface area contributed by atoms with Crippen LogP contribution in [0.5, 0.6) is 0 Å². The minimum atomic E-state index is -4.61. The summed E-state index contributed by atoms with van der Waals surface area (Å²) in [5.41, 5.74) is 17.9. The summed E-state index contributed by atoms with van der Waals surface area (Å²) in [6, 6.07) is 6.15. The maximum absolute atomic E-state index is 14.0. The Morgan fingerprint density at radius 3 is 2.04 bits per heavy atom. The molecule has 2 aromatic carbocycles. The smallest absolute Gasteiger partial charge is 0.370 e. The van der Waals surface area contributed by atoms with Crippen LogP contribution in [0, 0.1) is 0 Å². The number of nitrogens with one attached hydrogen (secondary N) is 6. The van der Waals surface area contributed by atoms with Crippen molar-refractivity contribution >= 4 is 46.4 Å². The topological polar surface area (TPSA) is 268 Å². The van der Waals surface area contributed by atoms with Crippen molar-refractivity contribution in [1.82, 2.24) is 36.2 Å². The summed E-state index contributed by atoms with van der Waals surface area (Å²) in [6.07, 6.45) is -0.285. The van der Waals surface area contributed by atoms with Crippen LogP contribution < -0.4 is 38.5 Å². The van der Waals surface area contributed by atoms with Gasteiger partial charge in [0.1, 0.15) is 24.2 Å². The second-order valence-corrected chi connectivity index (χ2v) is 12.5. The van der Waals surface area contributed by atoms with Crippen molar-refractivity contribution in [1.29, 1.82) is 0 Å². The molecule has 0 fully saturated rings. The highest BCUT2D eigenvalue weighted by Gasteiger charge is 2.33. The summed E-state index contributed by atoms with van der Waals surface area (Å²) in [5, 5.41) is 11.1. The molecule has 5 amide bonds. The van der Waals surface area contributed by atoms with Gasteiger partial charge >= 0.3 is 6.18 Å². The van der Waals surface area contributed by atoms with Gasteiger partial charge in [0.2, 0.25) is 29.5 Å². The van der Waals surface area contributed by atoms with Crippen LogP contribution in [-0.2, 0) is 49.4 Å². The number of carbonyl (C=O) groups excluding carboxylic acids is 5. The van der Waals surface area contributed by atoms with E-state index in [1.165, 1.54) is 19.4 Å². The molecule has 0 spiro atoms. The third kappa shape index (κ3) is 11.8. The minimum Gasteiger partial charge on any atom is -0.370 e. The lowest BCUT2D eigenvalue weighted by atomic mass is 10.0. The fourth-order valence-corrected chi connectivity index (χ4v) is 5.68. The van der Waals surface area contributed by atoms with E-state index < -0.39 is 65.4 Å². The molecule has 0 saturated carbocycles. The number of hydrogen-bond acceptors (Lipinski definition) is 7. The number of amides is 5. The zero-order chi connectivity index (χ0) is 39.4. The van der Waals surface area contributed by atoms with Gasteiger partial charge in [0.15, 0.2) is 5.96 Å². The van der Waals surface area contributed by atoms with E-state index in [0.717, 1.165) is 35.2 Å². The van der Waals surface area contributed by atoms with E-state index in [9.17, 15) is 37.1 Å². The maximum atomic E-state index is 14.0. The van der Waals surface area contributed by atoms with Crippen LogP contribution in [0.1, 0.15) is 42.1 Å². The Hall–Kier alpha value is -6.40. The summed E-state index contributed by atoms with van der Waals surface area (Å²) < 4.78 is 39.9. The van der Waals surface area contributed by atoms with Gasteiger partial charge in [0, 0.05) is 61.7 Å². The van der Waals surface area contributed by atoms with Crippen molar-refractivity contribution in [2.24, 2.45) is 22.2 Å². The normalized spacial score (nSPS) is 13.6. The number of primary amides is 1. The molecule has 2 heterocycles. The number of benzene rings is 2. The van der Waals surface area contributed by atoms with Crippen LogP contribution in [-0.4, -0.2) is 81.2 Å². The standard InChI is InChI=1S/C35H42F3N11O5/c1-19(50)46-29(15-23-17-42-18-45-23)33(54)49-28(13-20-8-10-22(11-9-20)35(36,37)38)32(53)47-26(7-4-12-43-34(40)41)31(52)48-27(30(39)51)14-21-16-44-25-6-3-2-5-24(21)25/h2-3,5-6,8-11,16-18,26-29,44H,4,7,12-15H2,1H3,(H2,39,51)(H,42,45)(H,46,50)(H,47,53)(H,48,52)(H,49,54)(H4,40,41,43). The van der Waals surface area contributed by atoms with Crippen molar-refractivity contribution in [3.8, 4) is 0 Å². The third-order valence-corrected chi connectivity index (χ3v) is 8.36. The number of aromatic amines is 2. The Morgan fingerprint density at radius 2 is 1.43 bits per heavy atom. The number of aromatic nitrogens is 3. The number of hydrogen-bond donors (Lipinski definition) is 9. The predicted molar refractivity (Wildman–Crippen MR) is 192 cm³/mol. The number of guanidine groups is 1. The van der Waals surface area contributed by atoms with Crippen molar-refractivity contribution in [2.45, 2.75) is 69.4 Å². The number of nitrogens with zero attached hydrogens (tertiary/aromatic N) is 2. The lowest BCUT2D eigenvalue weighted by Crippen LogP contribution is -2.59. The Bertz CT molecular complexity index is 1940. The molecule has 0 aliphatic heterocycles. The second-order valence-electron chi connectivity index (χ2n) is 12.5. The minimum absolute atomic E-state index is 0.0211. The molecule has 4 unspecified atom stereocenters. The lowest BCUT2D eigenvalue weighted by Gasteiger charge is -2.26. The molecule has 4 atom stereocenters. The van der Waals surface area contributed by atoms with Crippen LogP contribution in [0.25, 0.3) is 10.9 Å². The molecule has 2 aromatic heterocycles. The number of nitrogens with two attached hydrogens (primary N) is 3. The van der Waals surface area contributed by atoms with Crippen molar-refractivity contribution in [2.75, 3.05) is 6.54 Å². The predicted octanol–water partition coefficient (Wildman–Crippen LogP) is 0.436. The number of halogens is 3. The van der Waals surface area contributed by atoms with Gasteiger partial charge < -0.3 is 48.4 Å². The quantitative estimate of drug-likeness (QED) is 0.0390. The Morgan fingerprint density at radius 1 is 0.796 bits per heavy atom. The van der Waals surface area contributed by atoms with Gasteiger partial charge in [-0.3, -0.25) is 29.0 Å². The number of carbonyl (C=O) groups is 5. The van der Waals surface area contributed by atoms with E-state index in [-0.39, 0.29) is 50.2 Å². The van der Waals surface area contributed by atoms with Gasteiger partial charge in [0.05, 0.1) is 11.9 Å².